The number of carbonyl (C=O) groups is 1. The van der Waals surface area contributed by atoms with Gasteiger partial charge in [0.15, 0.2) is 11.5 Å². The molecule has 4 heterocycles. The molecule has 1 unspecified atom stereocenters. The summed E-state index contributed by atoms with van der Waals surface area (Å²) in [6, 6.07) is 8.35. The number of aryl methyl sites for hydroxylation is 2. The molecule has 1 aromatic carbocycles. The quantitative estimate of drug-likeness (QED) is 0.275. The molecule has 6 rings (SSSR count). The van der Waals surface area contributed by atoms with Gasteiger partial charge in [0.05, 0.1) is 17.8 Å². The monoisotopic (exact) mass is 538 g/mol. The molecule has 0 aliphatic heterocycles. The van der Waals surface area contributed by atoms with Gasteiger partial charge >= 0.3 is 11.8 Å². The van der Waals surface area contributed by atoms with Gasteiger partial charge in [0.2, 0.25) is 0 Å². The van der Waals surface area contributed by atoms with Gasteiger partial charge in [0.1, 0.15) is 11.3 Å². The van der Waals surface area contributed by atoms with Crippen LogP contribution in [0.3, 0.4) is 0 Å². The summed E-state index contributed by atoms with van der Waals surface area (Å²) in [5.74, 6) is 0.940. The lowest BCUT2D eigenvalue weighted by molar-refractivity contribution is 0.0890. The van der Waals surface area contributed by atoms with Crippen LogP contribution in [0.2, 0.25) is 0 Å². The number of amides is 1. The van der Waals surface area contributed by atoms with E-state index in [1.807, 2.05) is 43.9 Å². The number of nitrogens with zero attached hydrogens (tertiary/aromatic N) is 6. The first kappa shape index (κ1) is 25.9. The highest BCUT2D eigenvalue weighted by molar-refractivity contribution is 5.92. The second-order valence-corrected chi connectivity index (χ2v) is 11.5. The second kappa shape index (κ2) is 10.0. The molecule has 10 heteroatoms. The molecule has 5 aromatic rings. The van der Waals surface area contributed by atoms with Crippen LogP contribution in [0.4, 0.5) is 0 Å². The Morgan fingerprint density at radius 2 is 2.02 bits per heavy atom. The molecule has 0 bridgehead atoms. The van der Waals surface area contributed by atoms with Crippen LogP contribution >= 0.6 is 0 Å². The van der Waals surface area contributed by atoms with E-state index >= 15 is 0 Å². The van der Waals surface area contributed by atoms with E-state index in [-0.39, 0.29) is 23.3 Å². The molecule has 0 saturated heterocycles. The first-order chi connectivity index (χ1) is 19.2. The first-order valence-corrected chi connectivity index (χ1v) is 13.9. The van der Waals surface area contributed by atoms with Crippen molar-refractivity contribution in [3.05, 3.63) is 65.2 Å². The minimum atomic E-state index is -0.341. The van der Waals surface area contributed by atoms with Gasteiger partial charge in [0.25, 0.3) is 0 Å². The van der Waals surface area contributed by atoms with Crippen molar-refractivity contribution in [2.75, 3.05) is 0 Å². The number of hydrogen-bond acceptors (Lipinski definition) is 7. The Labute approximate surface area is 232 Å². The average Bonchev–Trinajstić information content (AvgIpc) is 3.65. The fraction of sp³-hybridized carbons (Fsp3) is 0.400. The normalized spacial score (nSPS) is 15.7. The van der Waals surface area contributed by atoms with Gasteiger partial charge in [0, 0.05) is 29.4 Å². The summed E-state index contributed by atoms with van der Waals surface area (Å²) in [5, 5.41) is 11.6. The van der Waals surface area contributed by atoms with Gasteiger partial charge in [-0.1, -0.05) is 50.5 Å². The highest BCUT2D eigenvalue weighted by atomic mass is 16.5. The number of pyridine rings is 1. The number of carbonyl (C=O) groups excluding carboxylic acids is 1. The van der Waals surface area contributed by atoms with E-state index in [0.29, 0.717) is 5.82 Å². The molecule has 1 aliphatic rings. The zero-order chi connectivity index (χ0) is 28.0. The van der Waals surface area contributed by atoms with Crippen LogP contribution < -0.4 is 5.32 Å². The molecule has 10 nitrogen and oxygen atoms in total. The fourth-order valence-electron chi connectivity index (χ4n) is 5.41. The number of hydrogen-bond donors (Lipinski definition) is 2. The van der Waals surface area contributed by atoms with Crippen LogP contribution in [0.1, 0.15) is 86.3 Å². The van der Waals surface area contributed by atoms with Crippen molar-refractivity contribution in [1.29, 1.82) is 0 Å². The zero-order valence-corrected chi connectivity index (χ0v) is 23.6. The number of benzene rings is 1. The molecular formula is C30H34N8O2. The largest absolute Gasteiger partial charge is 0.341 e. The number of fused-ring (bicyclic) bond motifs is 2. The van der Waals surface area contributed by atoms with Crippen molar-refractivity contribution >= 4 is 17.1 Å². The third-order valence-corrected chi connectivity index (χ3v) is 7.66. The predicted octanol–water partition coefficient (Wildman–Crippen LogP) is 5.69. The SMILES string of the molecule is CCn1ncc(-c2nc3c(-c4ccc5c(c4)CCCCC5NC(=O)c4nc(C(C)(C)C)no4)ccnc3[nH]2)c1C. The zero-order valence-electron chi connectivity index (χ0n) is 23.6. The van der Waals surface area contributed by atoms with Crippen LogP contribution in [-0.4, -0.2) is 40.8 Å². The number of H-pyrrole nitrogens is 1. The Hall–Kier alpha value is -4.34. The van der Waals surface area contributed by atoms with E-state index in [9.17, 15) is 4.79 Å². The van der Waals surface area contributed by atoms with Crippen molar-refractivity contribution in [3.8, 4) is 22.5 Å². The number of nitrogens with one attached hydrogen (secondary N) is 2. The highest BCUT2D eigenvalue weighted by Crippen LogP contribution is 2.35. The van der Waals surface area contributed by atoms with E-state index in [0.717, 1.165) is 77.2 Å². The topological polar surface area (TPSA) is 127 Å². The van der Waals surface area contributed by atoms with Crippen LogP contribution in [0.5, 0.6) is 0 Å². The summed E-state index contributed by atoms with van der Waals surface area (Å²) in [6.07, 6.45) is 7.53. The van der Waals surface area contributed by atoms with Gasteiger partial charge < -0.3 is 14.8 Å². The maximum absolute atomic E-state index is 13.0. The Morgan fingerprint density at radius 1 is 1.18 bits per heavy atom. The van der Waals surface area contributed by atoms with Crippen molar-refractivity contribution in [1.82, 2.24) is 40.2 Å². The number of imidazole rings is 1. The maximum Gasteiger partial charge on any atom is 0.315 e. The van der Waals surface area contributed by atoms with Crippen LogP contribution in [-0.2, 0) is 18.4 Å². The molecule has 2 N–H and O–H groups in total. The molecule has 206 valence electrons. The summed E-state index contributed by atoms with van der Waals surface area (Å²) in [4.78, 5) is 30.3. The summed E-state index contributed by atoms with van der Waals surface area (Å²) in [6.45, 7) is 10.9. The van der Waals surface area contributed by atoms with Crippen LogP contribution in [0, 0.1) is 6.92 Å². The molecule has 4 aromatic heterocycles. The van der Waals surface area contributed by atoms with Gasteiger partial charge in [-0.25, -0.2) is 9.97 Å². The van der Waals surface area contributed by atoms with Crippen molar-refractivity contribution in [2.24, 2.45) is 0 Å². The summed E-state index contributed by atoms with van der Waals surface area (Å²) >= 11 is 0. The van der Waals surface area contributed by atoms with Gasteiger partial charge in [-0.05, 0) is 55.9 Å². The van der Waals surface area contributed by atoms with Crippen molar-refractivity contribution in [2.45, 2.75) is 78.3 Å². The van der Waals surface area contributed by atoms with Crippen molar-refractivity contribution < 1.29 is 9.32 Å². The van der Waals surface area contributed by atoms with E-state index in [4.69, 9.17) is 9.51 Å². The van der Waals surface area contributed by atoms with E-state index < -0.39 is 0 Å². The van der Waals surface area contributed by atoms with E-state index in [1.165, 1.54) is 5.56 Å². The summed E-state index contributed by atoms with van der Waals surface area (Å²) < 4.78 is 7.25. The number of rotatable bonds is 5. The Balaban J connectivity index is 1.31. The fourth-order valence-corrected chi connectivity index (χ4v) is 5.41. The van der Waals surface area contributed by atoms with Crippen LogP contribution in [0.25, 0.3) is 33.7 Å². The molecule has 0 radical (unpaired) electrons. The molecule has 1 aliphatic carbocycles. The van der Waals surface area contributed by atoms with Gasteiger partial charge in [-0.15, -0.1) is 0 Å². The number of aromatic nitrogens is 7. The minimum absolute atomic E-state index is 0.000530. The van der Waals surface area contributed by atoms with Crippen molar-refractivity contribution in [3.63, 3.8) is 0 Å². The molecule has 40 heavy (non-hydrogen) atoms. The summed E-state index contributed by atoms with van der Waals surface area (Å²) in [7, 11) is 0. The Bertz CT molecular complexity index is 1700. The molecular weight excluding hydrogens is 504 g/mol. The molecule has 1 atom stereocenters. The Morgan fingerprint density at radius 3 is 2.77 bits per heavy atom. The lowest BCUT2D eigenvalue weighted by Gasteiger charge is -2.19. The number of aromatic amines is 1. The van der Waals surface area contributed by atoms with Gasteiger partial charge in [-0.2, -0.15) is 10.1 Å². The van der Waals surface area contributed by atoms with E-state index in [2.05, 4.69) is 62.6 Å². The Kier molecular flexibility index (Phi) is 6.48. The third-order valence-electron chi connectivity index (χ3n) is 7.66. The second-order valence-electron chi connectivity index (χ2n) is 11.5. The van der Waals surface area contributed by atoms with Crippen LogP contribution in [0.15, 0.2) is 41.2 Å². The third kappa shape index (κ3) is 4.67. The molecule has 0 spiro atoms. The molecule has 0 fully saturated rings. The van der Waals surface area contributed by atoms with Gasteiger partial charge in [-0.3, -0.25) is 9.48 Å². The first-order valence-electron chi connectivity index (χ1n) is 13.9. The molecule has 1 amide bonds. The highest BCUT2D eigenvalue weighted by Gasteiger charge is 2.27. The lowest BCUT2D eigenvalue weighted by Crippen LogP contribution is -2.29. The minimum Gasteiger partial charge on any atom is -0.341 e. The smallest absolute Gasteiger partial charge is 0.315 e. The standard InChI is InChI=1S/C30H34N8O2/c1-6-38-17(2)22(16-32-38)25-34-24-21(13-14-31-26(24)35-25)19-11-12-20-18(15-19)9-7-8-10-23(20)33-27(39)28-36-29(37-40-28)30(3,4)5/h11-16,23H,6-10H2,1-5H3,(H,33,39)(H,31,34,35). The molecule has 0 saturated carbocycles. The summed E-state index contributed by atoms with van der Waals surface area (Å²) in [5.41, 5.74) is 7.75. The predicted molar refractivity (Wildman–Crippen MR) is 152 cm³/mol. The average molecular weight is 539 g/mol. The van der Waals surface area contributed by atoms with E-state index in [1.54, 1.807) is 0 Å². The maximum atomic E-state index is 13.0. The lowest BCUT2D eigenvalue weighted by atomic mass is 9.94.